The minimum atomic E-state index is -2.14. The fraction of sp³-hybridized carbons (Fsp3) is 0.333. The van der Waals surface area contributed by atoms with Crippen molar-refractivity contribution in [1.29, 1.82) is 0 Å². The third-order valence-electron chi connectivity index (χ3n) is 3.96. The number of methoxy groups -OCH3 is 1. The molecule has 0 radical (unpaired) electrons. The van der Waals surface area contributed by atoms with Gasteiger partial charge in [-0.1, -0.05) is 33.2 Å². The third-order valence-corrected chi connectivity index (χ3v) is 5.76. The molecule has 0 aromatic heterocycles. The van der Waals surface area contributed by atoms with E-state index in [0.29, 0.717) is 17.7 Å². The molecule has 2 unspecified atom stereocenters. The molecule has 0 fully saturated rings. The quantitative estimate of drug-likeness (QED) is 0.291. The van der Waals surface area contributed by atoms with Crippen LogP contribution in [-0.2, 0) is 0 Å². The van der Waals surface area contributed by atoms with E-state index in [1.54, 1.807) is 6.92 Å². The molecule has 0 saturated heterocycles. The monoisotopic (exact) mass is 376 g/mol. The van der Waals surface area contributed by atoms with Gasteiger partial charge in [-0.05, 0) is 25.8 Å². The Balaban J connectivity index is 2.56. The number of halogens is 5. The van der Waals surface area contributed by atoms with Crippen molar-refractivity contribution in [3.63, 3.8) is 0 Å². The number of hydrogen-bond donors (Lipinski definition) is 0. The van der Waals surface area contributed by atoms with E-state index in [1.807, 2.05) is 26.0 Å². The summed E-state index contributed by atoms with van der Waals surface area (Å²) in [4.78, 5) is 0. The Morgan fingerprint density at radius 1 is 0.920 bits per heavy atom. The average molecular weight is 376 g/mol. The lowest BCUT2D eigenvalue weighted by Gasteiger charge is -2.21. The lowest BCUT2D eigenvalue weighted by molar-refractivity contribution is 0.384. The van der Waals surface area contributed by atoms with Crippen molar-refractivity contribution >= 4 is 13.9 Å². The molecule has 0 aliphatic rings. The summed E-state index contributed by atoms with van der Waals surface area (Å²) in [6, 6.07) is 3.72. The SMILES string of the molecule is CCC(Pc1c(F)c(F)c(F)c(F)c1F)c1cc(C)cc(C)c1OC. The van der Waals surface area contributed by atoms with Crippen LogP contribution in [0.1, 0.15) is 35.7 Å². The predicted molar refractivity (Wildman–Crippen MR) is 89.7 cm³/mol. The van der Waals surface area contributed by atoms with E-state index in [-0.39, 0.29) is 0 Å². The van der Waals surface area contributed by atoms with Gasteiger partial charge in [0.05, 0.1) is 12.4 Å². The Hall–Kier alpha value is -1.68. The van der Waals surface area contributed by atoms with Crippen LogP contribution in [0.2, 0.25) is 0 Å². The Morgan fingerprint density at radius 2 is 1.44 bits per heavy atom. The van der Waals surface area contributed by atoms with E-state index in [2.05, 4.69) is 0 Å². The van der Waals surface area contributed by atoms with E-state index < -0.39 is 48.6 Å². The van der Waals surface area contributed by atoms with Crippen molar-refractivity contribution in [3.05, 3.63) is 57.9 Å². The second-order valence-electron chi connectivity index (χ2n) is 5.75. The second kappa shape index (κ2) is 7.69. The Kier molecular flexibility index (Phi) is 6.04. The molecule has 2 atom stereocenters. The summed E-state index contributed by atoms with van der Waals surface area (Å²) in [5.74, 6) is -8.94. The van der Waals surface area contributed by atoms with Gasteiger partial charge in [0.1, 0.15) is 5.75 Å². The molecule has 0 spiro atoms. The minimum Gasteiger partial charge on any atom is -0.496 e. The highest BCUT2D eigenvalue weighted by Crippen LogP contribution is 2.44. The number of hydrogen-bond acceptors (Lipinski definition) is 1. The van der Waals surface area contributed by atoms with Crippen molar-refractivity contribution in [1.82, 2.24) is 0 Å². The van der Waals surface area contributed by atoms with Crippen LogP contribution < -0.4 is 10.0 Å². The zero-order valence-corrected chi connectivity index (χ0v) is 15.2. The first-order valence-corrected chi connectivity index (χ1v) is 8.73. The van der Waals surface area contributed by atoms with Gasteiger partial charge in [0.25, 0.3) is 0 Å². The summed E-state index contributed by atoms with van der Waals surface area (Å²) in [5.41, 5.74) is 2.04. The van der Waals surface area contributed by atoms with Crippen LogP contribution in [0.4, 0.5) is 22.0 Å². The maximum atomic E-state index is 14.0. The maximum absolute atomic E-state index is 14.0. The standard InChI is InChI=1S/C18H18F5OP/c1-5-11(10-7-8(2)6-9(3)17(10)24-4)25-18-15(22)13(20)12(19)14(21)16(18)23/h6-7,11,25H,5H2,1-4H3. The van der Waals surface area contributed by atoms with Crippen LogP contribution in [0, 0.1) is 42.9 Å². The molecule has 2 aromatic carbocycles. The minimum absolute atomic E-state index is 0.429. The first-order valence-electron chi connectivity index (χ1n) is 7.65. The molecule has 0 amide bonds. The van der Waals surface area contributed by atoms with Crippen molar-refractivity contribution in [2.75, 3.05) is 7.11 Å². The molecule has 25 heavy (non-hydrogen) atoms. The highest BCUT2D eigenvalue weighted by Gasteiger charge is 2.28. The van der Waals surface area contributed by atoms with Crippen molar-refractivity contribution in [3.8, 4) is 5.75 Å². The van der Waals surface area contributed by atoms with E-state index in [1.165, 1.54) is 7.11 Å². The van der Waals surface area contributed by atoms with Crippen LogP contribution in [-0.4, -0.2) is 7.11 Å². The summed E-state index contributed by atoms with van der Waals surface area (Å²) in [5, 5.41) is -0.774. The summed E-state index contributed by atoms with van der Waals surface area (Å²) in [6.07, 6.45) is 0.456. The molecular weight excluding hydrogens is 358 g/mol. The maximum Gasteiger partial charge on any atom is 0.200 e. The molecule has 0 saturated carbocycles. The van der Waals surface area contributed by atoms with Crippen LogP contribution in [0.5, 0.6) is 5.75 Å². The van der Waals surface area contributed by atoms with Gasteiger partial charge >= 0.3 is 0 Å². The van der Waals surface area contributed by atoms with E-state index in [9.17, 15) is 22.0 Å². The van der Waals surface area contributed by atoms with Crippen LogP contribution in [0.15, 0.2) is 12.1 Å². The van der Waals surface area contributed by atoms with Gasteiger partial charge in [-0.15, -0.1) is 0 Å². The molecule has 2 rings (SSSR count). The smallest absolute Gasteiger partial charge is 0.200 e. The molecular formula is C18H18F5OP. The first-order chi connectivity index (χ1) is 11.7. The van der Waals surface area contributed by atoms with Gasteiger partial charge in [0, 0.05) is 11.2 Å². The average Bonchev–Trinajstić information content (AvgIpc) is 2.58. The molecule has 0 aliphatic heterocycles. The van der Waals surface area contributed by atoms with E-state index >= 15 is 0 Å². The van der Waals surface area contributed by atoms with Gasteiger partial charge in [0.15, 0.2) is 23.3 Å². The van der Waals surface area contributed by atoms with Gasteiger partial charge < -0.3 is 4.74 Å². The summed E-state index contributed by atoms with van der Waals surface area (Å²) in [7, 11) is 0.857. The van der Waals surface area contributed by atoms with E-state index in [0.717, 1.165) is 11.1 Å². The summed E-state index contributed by atoms with van der Waals surface area (Å²) in [6.45, 7) is 5.49. The lowest BCUT2D eigenvalue weighted by atomic mass is 10.0. The number of benzene rings is 2. The number of ether oxygens (including phenoxy) is 1. The molecule has 0 aliphatic carbocycles. The van der Waals surface area contributed by atoms with Crippen molar-refractivity contribution < 1.29 is 26.7 Å². The van der Waals surface area contributed by atoms with Crippen molar-refractivity contribution in [2.24, 2.45) is 0 Å². The number of rotatable bonds is 5. The molecule has 136 valence electrons. The Labute approximate surface area is 145 Å². The highest BCUT2D eigenvalue weighted by molar-refractivity contribution is 7.47. The van der Waals surface area contributed by atoms with Crippen LogP contribution in [0.25, 0.3) is 0 Å². The summed E-state index contributed by atoms with van der Waals surface area (Å²) >= 11 is 0. The largest absolute Gasteiger partial charge is 0.496 e. The Bertz CT molecular complexity index is 778. The molecule has 1 nitrogen and oxygen atoms in total. The fourth-order valence-corrected chi connectivity index (χ4v) is 4.23. The molecule has 0 N–H and O–H groups in total. The first kappa shape index (κ1) is 19.6. The molecule has 0 heterocycles. The van der Waals surface area contributed by atoms with Crippen LogP contribution in [0.3, 0.4) is 0 Å². The van der Waals surface area contributed by atoms with Gasteiger partial charge in [-0.25, -0.2) is 22.0 Å². The zero-order chi connectivity index (χ0) is 18.9. The molecule has 7 heteroatoms. The second-order valence-corrected chi connectivity index (χ2v) is 7.24. The van der Waals surface area contributed by atoms with E-state index in [4.69, 9.17) is 4.74 Å². The fourth-order valence-electron chi connectivity index (χ4n) is 2.83. The van der Waals surface area contributed by atoms with Crippen LogP contribution >= 0.6 is 8.58 Å². The van der Waals surface area contributed by atoms with Gasteiger partial charge in [0.2, 0.25) is 5.82 Å². The lowest BCUT2D eigenvalue weighted by Crippen LogP contribution is -2.17. The zero-order valence-electron chi connectivity index (χ0n) is 14.2. The molecule has 2 aromatic rings. The topological polar surface area (TPSA) is 9.23 Å². The predicted octanol–water partition coefficient (Wildman–Crippen LogP) is 5.46. The van der Waals surface area contributed by atoms with Gasteiger partial charge in [-0.3, -0.25) is 0 Å². The normalized spacial score (nSPS) is 12.8. The highest BCUT2D eigenvalue weighted by atomic mass is 31.1. The number of aryl methyl sites for hydroxylation is 2. The Morgan fingerprint density at radius 3 is 1.92 bits per heavy atom. The summed E-state index contributed by atoms with van der Waals surface area (Å²) < 4.78 is 73.5. The molecule has 0 bridgehead atoms. The van der Waals surface area contributed by atoms with Gasteiger partial charge in [-0.2, -0.15) is 0 Å². The van der Waals surface area contributed by atoms with Crippen molar-refractivity contribution in [2.45, 2.75) is 32.9 Å². The third kappa shape index (κ3) is 3.64.